The molecule has 0 aliphatic rings. The van der Waals surface area contributed by atoms with Crippen molar-refractivity contribution < 1.29 is 13.2 Å². The van der Waals surface area contributed by atoms with Crippen LogP contribution in [0.3, 0.4) is 0 Å². The fourth-order valence-electron chi connectivity index (χ4n) is 2.90. The van der Waals surface area contributed by atoms with Crippen molar-refractivity contribution in [3.63, 3.8) is 0 Å². The summed E-state index contributed by atoms with van der Waals surface area (Å²) in [5.74, 6) is 0.458. The van der Waals surface area contributed by atoms with E-state index in [1.807, 2.05) is 25.1 Å². The van der Waals surface area contributed by atoms with E-state index in [-0.39, 0.29) is 0 Å². The summed E-state index contributed by atoms with van der Waals surface area (Å²) in [6.45, 7) is 1.88. The van der Waals surface area contributed by atoms with Gasteiger partial charge in [-0.05, 0) is 43.3 Å². The number of aromatic nitrogens is 4. The average Bonchev–Trinajstić information content (AvgIpc) is 2.68. The van der Waals surface area contributed by atoms with Crippen LogP contribution in [0.1, 0.15) is 11.3 Å². The van der Waals surface area contributed by atoms with E-state index in [4.69, 9.17) is 0 Å². The molecule has 0 amide bonds. The molecule has 0 radical (unpaired) electrons. The lowest BCUT2D eigenvalue weighted by Crippen LogP contribution is -2.04. The number of halogens is 3. The number of nitrogens with zero attached hydrogens (tertiary/aromatic N) is 4. The summed E-state index contributed by atoms with van der Waals surface area (Å²) in [6.07, 6.45) is 0.529. The quantitative estimate of drug-likeness (QED) is 0.531. The Bertz CT molecular complexity index is 1140. The van der Waals surface area contributed by atoms with Gasteiger partial charge < -0.3 is 5.32 Å². The third-order valence-corrected chi connectivity index (χ3v) is 4.29. The molecule has 0 saturated heterocycles. The lowest BCUT2D eigenvalue weighted by Gasteiger charge is -2.11. The summed E-state index contributed by atoms with van der Waals surface area (Å²) >= 11 is 0. The monoisotopic (exact) mass is 381 g/mol. The number of anilines is 2. The summed E-state index contributed by atoms with van der Waals surface area (Å²) in [7, 11) is 0. The second-order valence-corrected chi connectivity index (χ2v) is 6.19. The fourth-order valence-corrected chi connectivity index (χ4v) is 2.90. The van der Waals surface area contributed by atoms with Crippen LogP contribution in [0.2, 0.25) is 0 Å². The highest BCUT2D eigenvalue weighted by molar-refractivity contribution is 5.95. The smallest absolute Gasteiger partial charge is 0.338 e. The molecule has 2 aromatic heterocycles. The second kappa shape index (κ2) is 6.88. The SMILES string of the molecule is Cc1nccnc1-c1ccc2c(Nc3ccc(C(F)(F)F)cc3)nncc2c1. The van der Waals surface area contributed by atoms with Crippen LogP contribution < -0.4 is 5.32 Å². The minimum absolute atomic E-state index is 0.458. The Labute approximate surface area is 158 Å². The van der Waals surface area contributed by atoms with Gasteiger partial charge in [-0.3, -0.25) is 9.97 Å². The number of aryl methyl sites for hydroxylation is 1. The number of alkyl halides is 3. The Kier molecular flexibility index (Phi) is 4.38. The summed E-state index contributed by atoms with van der Waals surface area (Å²) in [6, 6.07) is 10.5. The highest BCUT2D eigenvalue weighted by atomic mass is 19.4. The first kappa shape index (κ1) is 17.8. The van der Waals surface area contributed by atoms with Gasteiger partial charge in [0.25, 0.3) is 0 Å². The van der Waals surface area contributed by atoms with E-state index < -0.39 is 11.7 Å². The minimum atomic E-state index is -4.37. The second-order valence-electron chi connectivity index (χ2n) is 6.19. The van der Waals surface area contributed by atoms with Crippen LogP contribution in [0, 0.1) is 6.92 Å². The average molecular weight is 381 g/mol. The Morgan fingerprint density at radius 3 is 2.39 bits per heavy atom. The normalized spacial score (nSPS) is 11.6. The van der Waals surface area contributed by atoms with Crippen molar-refractivity contribution in [3.8, 4) is 11.3 Å². The number of hydrogen-bond donors (Lipinski definition) is 1. The molecule has 0 aliphatic carbocycles. The molecule has 2 aromatic carbocycles. The Balaban J connectivity index is 1.68. The number of hydrogen-bond acceptors (Lipinski definition) is 5. The maximum absolute atomic E-state index is 12.7. The molecule has 28 heavy (non-hydrogen) atoms. The lowest BCUT2D eigenvalue weighted by atomic mass is 10.1. The van der Waals surface area contributed by atoms with Crippen molar-refractivity contribution in [3.05, 3.63) is 72.3 Å². The van der Waals surface area contributed by atoms with Crippen molar-refractivity contribution in [1.29, 1.82) is 0 Å². The summed E-state index contributed by atoms with van der Waals surface area (Å²) < 4.78 is 38.1. The molecule has 8 heteroatoms. The molecule has 0 aliphatic heterocycles. The zero-order valence-corrected chi connectivity index (χ0v) is 14.7. The first-order chi connectivity index (χ1) is 13.4. The molecule has 1 N–H and O–H groups in total. The van der Waals surface area contributed by atoms with Gasteiger partial charge in [-0.25, -0.2) is 0 Å². The van der Waals surface area contributed by atoms with Crippen LogP contribution in [0.15, 0.2) is 61.1 Å². The molecule has 140 valence electrons. The van der Waals surface area contributed by atoms with Gasteiger partial charge in [0.05, 0.1) is 23.1 Å². The largest absolute Gasteiger partial charge is 0.416 e. The predicted octanol–water partition coefficient (Wildman–Crippen LogP) is 5.16. The molecule has 4 aromatic rings. The molecule has 0 fully saturated rings. The molecular formula is C20H14F3N5. The molecule has 0 unspecified atom stereocenters. The Morgan fingerprint density at radius 1 is 0.929 bits per heavy atom. The van der Waals surface area contributed by atoms with Crippen molar-refractivity contribution in [2.45, 2.75) is 13.1 Å². The molecule has 0 saturated carbocycles. The van der Waals surface area contributed by atoms with Crippen LogP contribution in [-0.2, 0) is 6.18 Å². The van der Waals surface area contributed by atoms with Crippen LogP contribution >= 0.6 is 0 Å². The number of nitrogens with one attached hydrogen (secondary N) is 1. The third kappa shape index (κ3) is 3.48. The summed E-state index contributed by atoms with van der Waals surface area (Å²) in [4.78, 5) is 8.62. The van der Waals surface area contributed by atoms with Crippen LogP contribution in [0.5, 0.6) is 0 Å². The topological polar surface area (TPSA) is 63.6 Å². The molecule has 5 nitrogen and oxygen atoms in total. The van der Waals surface area contributed by atoms with Crippen molar-refractivity contribution >= 4 is 22.3 Å². The van der Waals surface area contributed by atoms with Crippen LogP contribution in [-0.4, -0.2) is 20.2 Å². The number of fused-ring (bicyclic) bond motifs is 1. The zero-order chi connectivity index (χ0) is 19.7. The standard InChI is InChI=1S/C20H14F3N5/c1-12-18(25-9-8-24-12)13-2-7-17-14(10-13)11-26-28-19(17)27-16-5-3-15(4-6-16)20(21,22)23/h2-11H,1H3,(H,27,28). The van der Waals surface area contributed by atoms with Crippen molar-refractivity contribution in [2.24, 2.45) is 0 Å². The van der Waals surface area contributed by atoms with E-state index in [0.717, 1.165) is 39.9 Å². The molecule has 4 rings (SSSR count). The fraction of sp³-hybridized carbons (Fsp3) is 0.100. The van der Waals surface area contributed by atoms with E-state index in [2.05, 4.69) is 25.5 Å². The van der Waals surface area contributed by atoms with Crippen molar-refractivity contribution in [2.75, 3.05) is 5.32 Å². The Hall–Kier alpha value is -3.55. The van der Waals surface area contributed by atoms with Gasteiger partial charge in [0.1, 0.15) is 0 Å². The molecule has 2 heterocycles. The highest BCUT2D eigenvalue weighted by Gasteiger charge is 2.29. The van der Waals surface area contributed by atoms with Gasteiger partial charge in [0, 0.05) is 34.4 Å². The van der Waals surface area contributed by atoms with Gasteiger partial charge in [-0.2, -0.15) is 18.3 Å². The van der Waals surface area contributed by atoms with E-state index >= 15 is 0 Å². The lowest BCUT2D eigenvalue weighted by molar-refractivity contribution is -0.137. The van der Waals surface area contributed by atoms with Gasteiger partial charge in [-0.15, -0.1) is 5.10 Å². The molecule has 0 bridgehead atoms. The van der Waals surface area contributed by atoms with Gasteiger partial charge >= 0.3 is 6.18 Å². The van der Waals surface area contributed by atoms with Crippen LogP contribution in [0.4, 0.5) is 24.7 Å². The maximum atomic E-state index is 12.7. The summed E-state index contributed by atoms with van der Waals surface area (Å²) in [5, 5.41) is 12.7. The van der Waals surface area contributed by atoms with Crippen LogP contribution in [0.25, 0.3) is 22.0 Å². The highest BCUT2D eigenvalue weighted by Crippen LogP contribution is 2.31. The molecule has 0 atom stereocenters. The first-order valence-corrected chi connectivity index (χ1v) is 8.39. The maximum Gasteiger partial charge on any atom is 0.416 e. The predicted molar refractivity (Wildman–Crippen MR) is 100 cm³/mol. The molecular weight excluding hydrogens is 367 g/mol. The molecule has 0 spiro atoms. The van der Waals surface area contributed by atoms with E-state index in [9.17, 15) is 13.2 Å². The van der Waals surface area contributed by atoms with E-state index in [1.165, 1.54) is 12.1 Å². The van der Waals surface area contributed by atoms with E-state index in [0.29, 0.717) is 11.5 Å². The van der Waals surface area contributed by atoms with E-state index in [1.54, 1.807) is 18.6 Å². The Morgan fingerprint density at radius 2 is 1.68 bits per heavy atom. The number of benzene rings is 2. The van der Waals surface area contributed by atoms with Gasteiger partial charge in [0.15, 0.2) is 5.82 Å². The van der Waals surface area contributed by atoms with Gasteiger partial charge in [0.2, 0.25) is 0 Å². The minimum Gasteiger partial charge on any atom is -0.338 e. The third-order valence-electron chi connectivity index (χ3n) is 4.29. The summed E-state index contributed by atoms with van der Waals surface area (Å²) in [5.41, 5.74) is 2.27. The van der Waals surface area contributed by atoms with Crippen molar-refractivity contribution in [1.82, 2.24) is 20.2 Å². The zero-order valence-electron chi connectivity index (χ0n) is 14.7. The number of rotatable bonds is 3. The van der Waals surface area contributed by atoms with Gasteiger partial charge in [-0.1, -0.05) is 6.07 Å². The first-order valence-electron chi connectivity index (χ1n) is 8.39.